The first-order chi connectivity index (χ1) is 16.0. The van der Waals surface area contributed by atoms with Gasteiger partial charge in [0.25, 0.3) is 0 Å². The van der Waals surface area contributed by atoms with E-state index in [9.17, 15) is 29.1 Å². The third-order valence-electron chi connectivity index (χ3n) is 4.62. The fraction of sp³-hybridized carbons (Fsp3) is 0.450. The Morgan fingerprint density at radius 2 is 1.32 bits per heavy atom. The molecule has 0 bridgehead atoms. The van der Waals surface area contributed by atoms with Crippen LogP contribution in [0.4, 0.5) is 0 Å². The van der Waals surface area contributed by atoms with Gasteiger partial charge in [-0.2, -0.15) is 0 Å². The summed E-state index contributed by atoms with van der Waals surface area (Å²) in [5, 5.41) is 52.1. The molecule has 14 heteroatoms. The highest BCUT2D eigenvalue weighted by atomic mass is 16.4. The van der Waals surface area contributed by atoms with E-state index in [1.54, 1.807) is 0 Å². The van der Waals surface area contributed by atoms with Gasteiger partial charge < -0.3 is 47.2 Å². The molecule has 0 spiro atoms. The van der Waals surface area contributed by atoms with Crippen molar-refractivity contribution in [1.29, 1.82) is 0 Å². The molecule has 1 aromatic rings. The number of carboxylic acids is 2. The van der Waals surface area contributed by atoms with Crippen molar-refractivity contribution in [1.82, 2.24) is 16.0 Å². The molecule has 0 heterocycles. The van der Waals surface area contributed by atoms with Crippen LogP contribution in [0.1, 0.15) is 18.4 Å². The molecule has 188 valence electrons. The number of phenolic OH excluding ortho intramolecular Hbond substituents is 1. The van der Waals surface area contributed by atoms with Crippen molar-refractivity contribution in [3.63, 3.8) is 0 Å². The zero-order chi connectivity index (χ0) is 25.8. The normalized spacial score (nSPS) is 14.2. The summed E-state index contributed by atoms with van der Waals surface area (Å²) in [7, 11) is 0. The van der Waals surface area contributed by atoms with Gasteiger partial charge in [0, 0.05) is 12.8 Å². The summed E-state index contributed by atoms with van der Waals surface area (Å²) in [5.74, 6) is -5.73. The second kappa shape index (κ2) is 13.7. The highest BCUT2D eigenvalue weighted by Gasteiger charge is 2.30. The van der Waals surface area contributed by atoms with Crippen molar-refractivity contribution in [2.75, 3.05) is 13.2 Å². The number of carbonyl (C=O) groups excluding carboxylic acids is 3. The number of carboxylic acid groups (broad SMARTS) is 2. The molecule has 4 atom stereocenters. The van der Waals surface area contributed by atoms with E-state index in [-0.39, 0.29) is 12.2 Å². The SMILES string of the molecule is NC(CO)C(=O)NC(Cc1ccc(O)cc1)C(=O)NC(CCC(=O)O)C(=O)NC(CO)C(=O)O. The Morgan fingerprint density at radius 1 is 0.794 bits per heavy atom. The maximum absolute atomic E-state index is 12.9. The number of nitrogens with one attached hydrogen (secondary N) is 3. The number of phenols is 1. The maximum Gasteiger partial charge on any atom is 0.328 e. The highest BCUT2D eigenvalue weighted by Crippen LogP contribution is 2.12. The van der Waals surface area contributed by atoms with Crippen LogP contribution in [-0.2, 0) is 30.4 Å². The Kier molecular flexibility index (Phi) is 11.4. The predicted octanol–water partition coefficient (Wildman–Crippen LogP) is -3.35. The minimum absolute atomic E-state index is 0.0432. The van der Waals surface area contributed by atoms with E-state index in [1.165, 1.54) is 24.3 Å². The monoisotopic (exact) mass is 484 g/mol. The van der Waals surface area contributed by atoms with E-state index < -0.39 is 79.9 Å². The van der Waals surface area contributed by atoms with Crippen molar-refractivity contribution in [2.24, 2.45) is 5.73 Å². The second-order valence-corrected chi connectivity index (χ2v) is 7.30. The van der Waals surface area contributed by atoms with E-state index in [4.69, 9.17) is 26.2 Å². The summed E-state index contributed by atoms with van der Waals surface area (Å²) in [6.07, 6.45) is -1.10. The molecule has 0 aliphatic heterocycles. The van der Waals surface area contributed by atoms with Crippen LogP contribution in [0.15, 0.2) is 24.3 Å². The summed E-state index contributed by atoms with van der Waals surface area (Å²) in [6.45, 7) is -1.65. The average molecular weight is 484 g/mol. The summed E-state index contributed by atoms with van der Waals surface area (Å²) in [4.78, 5) is 59.6. The van der Waals surface area contributed by atoms with E-state index in [0.29, 0.717) is 5.56 Å². The van der Waals surface area contributed by atoms with Gasteiger partial charge >= 0.3 is 11.9 Å². The van der Waals surface area contributed by atoms with Crippen LogP contribution in [0, 0.1) is 0 Å². The van der Waals surface area contributed by atoms with Crippen LogP contribution in [-0.4, -0.2) is 92.6 Å². The molecule has 0 fully saturated rings. The third kappa shape index (κ3) is 9.40. The molecule has 0 saturated heterocycles. The van der Waals surface area contributed by atoms with Gasteiger partial charge in [-0.1, -0.05) is 12.1 Å². The third-order valence-corrected chi connectivity index (χ3v) is 4.62. The van der Waals surface area contributed by atoms with Gasteiger partial charge in [0.1, 0.15) is 29.9 Å². The number of aromatic hydroxyl groups is 1. The van der Waals surface area contributed by atoms with Crippen LogP contribution in [0.3, 0.4) is 0 Å². The second-order valence-electron chi connectivity index (χ2n) is 7.30. The number of carbonyl (C=O) groups is 5. The zero-order valence-corrected chi connectivity index (χ0v) is 18.0. The lowest BCUT2D eigenvalue weighted by molar-refractivity contribution is -0.144. The molecular formula is C20H28N4O10. The van der Waals surface area contributed by atoms with E-state index >= 15 is 0 Å². The minimum Gasteiger partial charge on any atom is -0.508 e. The minimum atomic E-state index is -1.69. The van der Waals surface area contributed by atoms with E-state index in [0.717, 1.165) is 0 Å². The van der Waals surface area contributed by atoms with Gasteiger partial charge in [0.15, 0.2) is 0 Å². The molecule has 1 rings (SSSR count). The van der Waals surface area contributed by atoms with E-state index in [1.807, 2.05) is 5.32 Å². The fourth-order valence-electron chi connectivity index (χ4n) is 2.71. The lowest BCUT2D eigenvalue weighted by Crippen LogP contribution is -2.58. The Balaban J connectivity index is 3.10. The Hall–Kier alpha value is -3.75. The summed E-state index contributed by atoms with van der Waals surface area (Å²) < 4.78 is 0. The molecule has 4 unspecified atom stereocenters. The van der Waals surface area contributed by atoms with Gasteiger partial charge in [0.2, 0.25) is 17.7 Å². The lowest BCUT2D eigenvalue weighted by atomic mass is 10.0. The molecule has 0 radical (unpaired) electrons. The summed E-state index contributed by atoms with van der Waals surface area (Å²) in [6, 6.07) is -0.243. The molecule has 0 aliphatic carbocycles. The number of nitrogens with two attached hydrogens (primary N) is 1. The number of aliphatic carboxylic acids is 2. The molecule has 0 aliphatic rings. The van der Waals surface area contributed by atoms with Crippen LogP contribution < -0.4 is 21.7 Å². The Morgan fingerprint density at radius 3 is 1.82 bits per heavy atom. The standard InChI is InChI=1S/C20H28N4O10/c21-12(8-25)17(30)23-14(7-10-1-3-11(27)4-2-10)19(32)22-13(5-6-16(28)29)18(31)24-15(9-26)20(33)34/h1-4,12-15,25-27H,5-9,21H2,(H,22,32)(H,23,30)(H,24,31)(H,28,29)(H,33,34). The molecular weight excluding hydrogens is 456 g/mol. The van der Waals surface area contributed by atoms with Gasteiger partial charge in [-0.25, -0.2) is 4.79 Å². The molecule has 14 nitrogen and oxygen atoms in total. The van der Waals surface area contributed by atoms with Crippen LogP contribution in [0.25, 0.3) is 0 Å². The van der Waals surface area contributed by atoms with Gasteiger partial charge in [-0.3, -0.25) is 19.2 Å². The van der Waals surface area contributed by atoms with Crippen molar-refractivity contribution in [3.8, 4) is 5.75 Å². The van der Waals surface area contributed by atoms with Crippen LogP contribution >= 0.6 is 0 Å². The first kappa shape index (κ1) is 28.3. The summed E-state index contributed by atoms with van der Waals surface area (Å²) >= 11 is 0. The molecule has 1 aromatic carbocycles. The van der Waals surface area contributed by atoms with Crippen molar-refractivity contribution >= 4 is 29.7 Å². The molecule has 34 heavy (non-hydrogen) atoms. The Bertz CT molecular complexity index is 877. The van der Waals surface area contributed by atoms with Gasteiger partial charge in [0.05, 0.1) is 13.2 Å². The zero-order valence-electron chi connectivity index (χ0n) is 18.0. The molecule has 0 saturated carbocycles. The highest BCUT2D eigenvalue weighted by molar-refractivity contribution is 5.94. The number of benzene rings is 1. The van der Waals surface area contributed by atoms with E-state index in [2.05, 4.69) is 10.6 Å². The maximum atomic E-state index is 12.9. The van der Waals surface area contributed by atoms with Crippen molar-refractivity contribution in [2.45, 2.75) is 43.4 Å². The average Bonchev–Trinajstić information content (AvgIpc) is 2.79. The van der Waals surface area contributed by atoms with Gasteiger partial charge in [-0.05, 0) is 24.1 Å². The molecule has 0 aromatic heterocycles. The largest absolute Gasteiger partial charge is 0.508 e. The smallest absolute Gasteiger partial charge is 0.328 e. The fourth-order valence-corrected chi connectivity index (χ4v) is 2.71. The number of amides is 3. The first-order valence-electron chi connectivity index (χ1n) is 10.1. The quantitative estimate of drug-likeness (QED) is 0.126. The number of hydrogen-bond acceptors (Lipinski definition) is 9. The molecule has 10 N–H and O–H groups in total. The number of aliphatic hydroxyl groups is 2. The Labute approximate surface area is 193 Å². The lowest BCUT2D eigenvalue weighted by Gasteiger charge is -2.24. The predicted molar refractivity (Wildman–Crippen MR) is 114 cm³/mol. The number of hydrogen-bond donors (Lipinski definition) is 9. The summed E-state index contributed by atoms with van der Waals surface area (Å²) in [5.41, 5.74) is 5.97. The topological polar surface area (TPSA) is 249 Å². The number of rotatable bonds is 14. The van der Waals surface area contributed by atoms with Crippen LogP contribution in [0.5, 0.6) is 5.75 Å². The van der Waals surface area contributed by atoms with Crippen molar-refractivity contribution in [3.05, 3.63) is 29.8 Å². The van der Waals surface area contributed by atoms with Gasteiger partial charge in [-0.15, -0.1) is 0 Å². The number of aliphatic hydroxyl groups excluding tert-OH is 2. The first-order valence-corrected chi connectivity index (χ1v) is 10.1. The van der Waals surface area contributed by atoms with Crippen LogP contribution in [0.2, 0.25) is 0 Å². The molecule has 3 amide bonds. The van der Waals surface area contributed by atoms with Crippen molar-refractivity contribution < 1.29 is 49.5 Å².